The number of rotatable bonds is 7. The third kappa shape index (κ3) is 3.58. The van der Waals surface area contributed by atoms with Crippen molar-refractivity contribution in [1.29, 1.82) is 0 Å². The van der Waals surface area contributed by atoms with E-state index < -0.39 is 22.5 Å². The molecule has 6 nitrogen and oxygen atoms in total. The third-order valence-electron chi connectivity index (χ3n) is 2.75. The lowest BCUT2D eigenvalue weighted by Crippen LogP contribution is -2.35. The Morgan fingerprint density at radius 2 is 1.95 bits per heavy atom. The summed E-state index contributed by atoms with van der Waals surface area (Å²) in [7, 11) is -3.90. The number of hydrogen-bond acceptors (Lipinski definition) is 5. The molecule has 2 rings (SSSR count). The van der Waals surface area contributed by atoms with E-state index in [1.165, 1.54) is 18.2 Å². The standard InChI is InChI=1S/C14H15NO5S2/c1-2-20-12-7-5-11(6-8-12)15(10-13(16)17)22(18,19)14-4-3-9-21-14/h3-9H,2,10H2,1H3,(H,16,17). The van der Waals surface area contributed by atoms with Gasteiger partial charge in [-0.15, -0.1) is 11.3 Å². The molecule has 1 heterocycles. The Kier molecular flexibility index (Phi) is 5.04. The molecule has 0 saturated carbocycles. The van der Waals surface area contributed by atoms with Crippen molar-refractivity contribution in [3.05, 3.63) is 41.8 Å². The van der Waals surface area contributed by atoms with Crippen LogP contribution in [0.5, 0.6) is 5.75 Å². The predicted octanol–water partition coefficient (Wildman–Crippen LogP) is 2.43. The second-order valence-electron chi connectivity index (χ2n) is 4.26. The minimum absolute atomic E-state index is 0.0997. The summed E-state index contributed by atoms with van der Waals surface area (Å²) in [5, 5.41) is 10.6. The number of thiophene rings is 1. The van der Waals surface area contributed by atoms with Gasteiger partial charge in [0.25, 0.3) is 10.0 Å². The molecule has 118 valence electrons. The second kappa shape index (κ2) is 6.80. The SMILES string of the molecule is CCOc1ccc(N(CC(=O)O)S(=O)(=O)c2cccs2)cc1. The fourth-order valence-electron chi connectivity index (χ4n) is 1.83. The highest BCUT2D eigenvalue weighted by atomic mass is 32.2. The van der Waals surface area contributed by atoms with Crippen LogP contribution < -0.4 is 9.04 Å². The molecule has 0 unspecified atom stereocenters. The van der Waals surface area contributed by atoms with Gasteiger partial charge >= 0.3 is 5.97 Å². The van der Waals surface area contributed by atoms with Crippen molar-refractivity contribution >= 4 is 33.0 Å². The first-order chi connectivity index (χ1) is 10.4. The fourth-order valence-corrected chi connectivity index (χ4v) is 4.35. The zero-order valence-corrected chi connectivity index (χ0v) is 13.4. The van der Waals surface area contributed by atoms with E-state index in [2.05, 4.69) is 0 Å². The van der Waals surface area contributed by atoms with Gasteiger partial charge in [-0.1, -0.05) is 6.07 Å². The molecule has 1 aromatic carbocycles. The fraction of sp³-hybridized carbons (Fsp3) is 0.214. The van der Waals surface area contributed by atoms with Crippen molar-refractivity contribution in [3.63, 3.8) is 0 Å². The van der Waals surface area contributed by atoms with Crippen LogP contribution in [-0.4, -0.2) is 32.6 Å². The first-order valence-electron chi connectivity index (χ1n) is 6.46. The summed E-state index contributed by atoms with van der Waals surface area (Å²) in [6.07, 6.45) is 0. The monoisotopic (exact) mass is 341 g/mol. The van der Waals surface area contributed by atoms with Crippen molar-refractivity contribution < 1.29 is 23.1 Å². The van der Waals surface area contributed by atoms with Gasteiger partial charge in [-0.3, -0.25) is 9.10 Å². The third-order valence-corrected chi connectivity index (χ3v) is 5.90. The minimum Gasteiger partial charge on any atom is -0.494 e. The maximum atomic E-state index is 12.6. The van der Waals surface area contributed by atoms with Crippen LogP contribution in [0.2, 0.25) is 0 Å². The van der Waals surface area contributed by atoms with E-state index in [1.54, 1.807) is 23.6 Å². The van der Waals surface area contributed by atoms with Gasteiger partial charge in [-0.05, 0) is 42.6 Å². The van der Waals surface area contributed by atoms with Crippen LogP contribution in [0.4, 0.5) is 5.69 Å². The molecular weight excluding hydrogens is 326 g/mol. The van der Waals surface area contributed by atoms with Gasteiger partial charge < -0.3 is 9.84 Å². The highest BCUT2D eigenvalue weighted by molar-refractivity contribution is 7.94. The summed E-state index contributed by atoms with van der Waals surface area (Å²) in [5.41, 5.74) is 0.277. The summed E-state index contributed by atoms with van der Waals surface area (Å²) >= 11 is 1.04. The number of carboxylic acid groups (broad SMARTS) is 1. The van der Waals surface area contributed by atoms with E-state index in [0.717, 1.165) is 15.6 Å². The summed E-state index contributed by atoms with van der Waals surface area (Å²) < 4.78 is 31.4. The van der Waals surface area contributed by atoms with E-state index in [9.17, 15) is 13.2 Å². The lowest BCUT2D eigenvalue weighted by molar-refractivity contribution is -0.135. The number of sulfonamides is 1. The number of nitrogens with zero attached hydrogens (tertiary/aromatic N) is 1. The smallest absolute Gasteiger partial charge is 0.324 e. The van der Waals surface area contributed by atoms with Crippen LogP contribution in [-0.2, 0) is 14.8 Å². The van der Waals surface area contributed by atoms with E-state index >= 15 is 0 Å². The predicted molar refractivity (Wildman–Crippen MR) is 84.1 cm³/mol. The molecule has 1 aromatic heterocycles. The zero-order valence-electron chi connectivity index (χ0n) is 11.8. The number of anilines is 1. The van der Waals surface area contributed by atoms with Gasteiger partial charge in [0.15, 0.2) is 0 Å². The largest absolute Gasteiger partial charge is 0.494 e. The van der Waals surface area contributed by atoms with Crippen molar-refractivity contribution in [1.82, 2.24) is 0 Å². The van der Waals surface area contributed by atoms with Crippen LogP contribution in [0, 0.1) is 0 Å². The lowest BCUT2D eigenvalue weighted by Gasteiger charge is -2.22. The number of ether oxygens (including phenoxy) is 1. The Balaban J connectivity index is 2.40. The highest BCUT2D eigenvalue weighted by Gasteiger charge is 2.27. The van der Waals surface area contributed by atoms with Gasteiger partial charge in [0, 0.05) is 0 Å². The van der Waals surface area contributed by atoms with Crippen molar-refractivity contribution in [2.45, 2.75) is 11.1 Å². The molecule has 0 fully saturated rings. The first-order valence-corrected chi connectivity index (χ1v) is 8.78. The molecule has 0 aliphatic heterocycles. The van der Waals surface area contributed by atoms with Crippen molar-refractivity contribution in [2.75, 3.05) is 17.5 Å². The summed E-state index contributed by atoms with van der Waals surface area (Å²) in [6.45, 7) is 1.69. The lowest BCUT2D eigenvalue weighted by atomic mass is 10.3. The summed E-state index contributed by atoms with van der Waals surface area (Å²) in [6, 6.07) is 9.32. The molecule has 1 N–H and O–H groups in total. The van der Waals surface area contributed by atoms with Crippen LogP contribution in [0.15, 0.2) is 46.0 Å². The number of aliphatic carboxylic acids is 1. The molecule has 0 saturated heterocycles. The van der Waals surface area contributed by atoms with Crippen LogP contribution in [0.1, 0.15) is 6.92 Å². The maximum Gasteiger partial charge on any atom is 0.324 e. The number of hydrogen-bond donors (Lipinski definition) is 1. The van der Waals surface area contributed by atoms with Crippen LogP contribution in [0.25, 0.3) is 0 Å². The quantitative estimate of drug-likeness (QED) is 0.836. The van der Waals surface area contributed by atoms with E-state index in [1.807, 2.05) is 6.92 Å². The molecule has 0 aliphatic carbocycles. The zero-order chi connectivity index (χ0) is 16.2. The molecular formula is C14H15NO5S2. The van der Waals surface area contributed by atoms with E-state index in [4.69, 9.17) is 9.84 Å². The molecule has 0 bridgehead atoms. The van der Waals surface area contributed by atoms with Crippen molar-refractivity contribution in [2.24, 2.45) is 0 Å². The molecule has 8 heteroatoms. The Morgan fingerprint density at radius 3 is 2.45 bits per heavy atom. The Bertz CT molecular complexity index is 723. The molecule has 0 aliphatic rings. The minimum atomic E-state index is -3.90. The van der Waals surface area contributed by atoms with Gasteiger partial charge in [0.1, 0.15) is 16.5 Å². The van der Waals surface area contributed by atoms with Gasteiger partial charge in [0.05, 0.1) is 12.3 Å². The highest BCUT2D eigenvalue weighted by Crippen LogP contribution is 2.27. The molecule has 0 amide bonds. The molecule has 0 spiro atoms. The molecule has 22 heavy (non-hydrogen) atoms. The molecule has 2 aromatic rings. The van der Waals surface area contributed by atoms with Crippen LogP contribution >= 0.6 is 11.3 Å². The molecule has 0 radical (unpaired) electrons. The molecule has 0 atom stereocenters. The first kappa shape index (κ1) is 16.3. The van der Waals surface area contributed by atoms with Gasteiger partial charge in [0.2, 0.25) is 0 Å². The number of carbonyl (C=O) groups is 1. The van der Waals surface area contributed by atoms with Gasteiger partial charge in [-0.25, -0.2) is 8.42 Å². The number of benzene rings is 1. The Morgan fingerprint density at radius 1 is 1.27 bits per heavy atom. The summed E-state index contributed by atoms with van der Waals surface area (Å²) in [5.74, 6) is -0.635. The average Bonchev–Trinajstić information content (AvgIpc) is 3.01. The topological polar surface area (TPSA) is 83.9 Å². The van der Waals surface area contributed by atoms with Crippen molar-refractivity contribution in [3.8, 4) is 5.75 Å². The normalized spacial score (nSPS) is 11.1. The average molecular weight is 341 g/mol. The van der Waals surface area contributed by atoms with Crippen LogP contribution in [0.3, 0.4) is 0 Å². The van der Waals surface area contributed by atoms with Gasteiger partial charge in [-0.2, -0.15) is 0 Å². The van der Waals surface area contributed by atoms with E-state index in [-0.39, 0.29) is 9.90 Å². The van der Waals surface area contributed by atoms with E-state index in [0.29, 0.717) is 12.4 Å². The maximum absolute atomic E-state index is 12.6. The number of carboxylic acids is 1. The Labute approximate surface area is 132 Å². The summed E-state index contributed by atoms with van der Waals surface area (Å²) in [4.78, 5) is 11.0. The second-order valence-corrected chi connectivity index (χ2v) is 7.30. The Hall–Kier alpha value is -2.06.